The highest BCUT2D eigenvalue weighted by atomic mass is 16.5. The minimum absolute atomic E-state index is 0.0114. The molecule has 0 fully saturated rings. The molecule has 0 unspecified atom stereocenters. The SMILES string of the molecule is CCOC(=O)CC[C@H](NC(=O)c1ccc(CCCc2cn(C)c3nc(N)[nH]c(=O)c23)cc1)C(=O)OCC. The number of hydrogen-bond donors (Lipinski definition) is 3. The van der Waals surface area contributed by atoms with E-state index in [1.54, 1.807) is 30.5 Å². The normalized spacial score (nSPS) is 11.8. The minimum atomic E-state index is -0.954. The molecule has 1 aromatic carbocycles. The lowest BCUT2D eigenvalue weighted by Crippen LogP contribution is -2.42. The number of fused-ring (bicyclic) bond motifs is 1. The van der Waals surface area contributed by atoms with E-state index < -0.39 is 23.9 Å². The summed E-state index contributed by atoms with van der Waals surface area (Å²) in [5.41, 5.74) is 8.26. The number of hydrogen-bond acceptors (Lipinski definition) is 8. The Kier molecular flexibility index (Phi) is 9.42. The number of amides is 1. The number of carbonyl (C=O) groups is 3. The second-order valence-corrected chi connectivity index (χ2v) is 8.59. The van der Waals surface area contributed by atoms with Crippen molar-refractivity contribution in [1.29, 1.82) is 0 Å². The summed E-state index contributed by atoms with van der Waals surface area (Å²) in [4.78, 5) is 55.8. The van der Waals surface area contributed by atoms with Crippen molar-refractivity contribution in [1.82, 2.24) is 19.9 Å². The third kappa shape index (κ3) is 7.18. The van der Waals surface area contributed by atoms with Crippen molar-refractivity contribution in [2.24, 2.45) is 7.05 Å². The van der Waals surface area contributed by atoms with Crippen molar-refractivity contribution in [2.75, 3.05) is 18.9 Å². The molecule has 0 aliphatic heterocycles. The van der Waals surface area contributed by atoms with E-state index in [-0.39, 0.29) is 37.6 Å². The summed E-state index contributed by atoms with van der Waals surface area (Å²) in [6.45, 7) is 3.78. The van der Waals surface area contributed by atoms with Crippen molar-refractivity contribution in [3.05, 3.63) is 57.5 Å². The number of nitrogen functional groups attached to an aromatic ring is 1. The monoisotopic (exact) mass is 511 g/mol. The number of benzene rings is 1. The number of esters is 2. The molecule has 0 aliphatic rings. The first-order valence-corrected chi connectivity index (χ1v) is 12.3. The van der Waals surface area contributed by atoms with E-state index in [0.29, 0.717) is 23.0 Å². The maximum atomic E-state index is 12.7. The summed E-state index contributed by atoms with van der Waals surface area (Å²) < 4.78 is 11.7. The number of carbonyl (C=O) groups excluding carboxylic acids is 3. The van der Waals surface area contributed by atoms with Crippen LogP contribution in [0.15, 0.2) is 35.3 Å². The first-order valence-electron chi connectivity index (χ1n) is 12.3. The second-order valence-electron chi connectivity index (χ2n) is 8.59. The number of aromatic nitrogens is 3. The Morgan fingerprint density at radius 3 is 2.49 bits per heavy atom. The fourth-order valence-electron chi connectivity index (χ4n) is 4.11. The maximum absolute atomic E-state index is 12.7. The number of H-pyrrole nitrogens is 1. The number of rotatable bonds is 12. The van der Waals surface area contributed by atoms with Crippen LogP contribution in [0.4, 0.5) is 5.95 Å². The van der Waals surface area contributed by atoms with Crippen LogP contribution in [0.2, 0.25) is 0 Å². The van der Waals surface area contributed by atoms with Crippen LogP contribution < -0.4 is 16.6 Å². The number of nitrogens with one attached hydrogen (secondary N) is 2. The standard InChI is InChI=1S/C26H33N5O6/c1-4-36-20(32)14-13-19(25(35)37-5-2)28-23(33)17-11-9-16(10-12-17)7-6-8-18-15-31(3)22-21(18)24(34)30-26(27)29-22/h9-12,15,19H,4-8,13-14H2,1-3H3,(H,28,33)(H3,27,29,30,34)/t19-/m0/s1. The first kappa shape index (κ1) is 27.4. The number of aryl methyl sites for hydroxylation is 3. The van der Waals surface area contributed by atoms with Gasteiger partial charge in [-0.25, -0.2) is 4.79 Å². The molecule has 198 valence electrons. The van der Waals surface area contributed by atoms with Gasteiger partial charge >= 0.3 is 11.9 Å². The lowest BCUT2D eigenvalue weighted by molar-refractivity contribution is -0.146. The van der Waals surface area contributed by atoms with Crippen molar-refractivity contribution in [3.63, 3.8) is 0 Å². The summed E-state index contributed by atoms with van der Waals surface area (Å²) in [5.74, 6) is -1.39. The maximum Gasteiger partial charge on any atom is 0.328 e. The van der Waals surface area contributed by atoms with Crippen LogP contribution in [-0.4, -0.2) is 51.6 Å². The third-order valence-corrected chi connectivity index (χ3v) is 5.87. The van der Waals surface area contributed by atoms with E-state index in [9.17, 15) is 19.2 Å². The van der Waals surface area contributed by atoms with Crippen molar-refractivity contribution in [2.45, 2.75) is 52.0 Å². The zero-order valence-electron chi connectivity index (χ0n) is 21.3. The van der Waals surface area contributed by atoms with E-state index in [1.807, 2.05) is 25.4 Å². The molecule has 0 radical (unpaired) electrons. The van der Waals surface area contributed by atoms with Crippen LogP contribution in [-0.2, 0) is 39.0 Å². The van der Waals surface area contributed by atoms with Crippen LogP contribution in [0.1, 0.15) is 54.6 Å². The fraction of sp³-hybridized carbons (Fsp3) is 0.423. The van der Waals surface area contributed by atoms with Gasteiger partial charge in [0.2, 0.25) is 5.95 Å². The average molecular weight is 512 g/mol. The summed E-state index contributed by atoms with van der Waals surface area (Å²) in [5, 5.41) is 3.20. The van der Waals surface area contributed by atoms with Gasteiger partial charge in [-0.15, -0.1) is 0 Å². The summed E-state index contributed by atoms with van der Waals surface area (Å²) in [6.07, 6.45) is 4.16. The quantitative estimate of drug-likeness (QED) is 0.312. The largest absolute Gasteiger partial charge is 0.466 e. The lowest BCUT2D eigenvalue weighted by Gasteiger charge is -2.17. The molecule has 2 aromatic heterocycles. The summed E-state index contributed by atoms with van der Waals surface area (Å²) >= 11 is 0. The molecule has 1 atom stereocenters. The minimum Gasteiger partial charge on any atom is -0.466 e. The van der Waals surface area contributed by atoms with Gasteiger partial charge in [0.05, 0.1) is 18.6 Å². The molecule has 0 spiro atoms. The topological polar surface area (TPSA) is 158 Å². The first-order chi connectivity index (χ1) is 17.7. The summed E-state index contributed by atoms with van der Waals surface area (Å²) in [6, 6.07) is 6.13. The Hall–Kier alpha value is -4.15. The molecular weight excluding hydrogens is 478 g/mol. The molecule has 11 heteroatoms. The van der Waals surface area contributed by atoms with Gasteiger partial charge in [0.15, 0.2) is 0 Å². The molecule has 1 amide bonds. The Balaban J connectivity index is 1.59. The van der Waals surface area contributed by atoms with Gasteiger partial charge in [0, 0.05) is 25.2 Å². The number of nitrogens with two attached hydrogens (primary N) is 1. The number of ether oxygens (including phenoxy) is 2. The fourth-order valence-corrected chi connectivity index (χ4v) is 4.11. The molecule has 0 bridgehead atoms. The van der Waals surface area contributed by atoms with Crippen molar-refractivity contribution in [3.8, 4) is 0 Å². The highest BCUT2D eigenvalue weighted by molar-refractivity contribution is 5.96. The van der Waals surface area contributed by atoms with Crippen LogP contribution in [0.3, 0.4) is 0 Å². The predicted molar refractivity (Wildman–Crippen MR) is 138 cm³/mol. The molecule has 0 aliphatic carbocycles. The number of aromatic amines is 1. The van der Waals surface area contributed by atoms with Crippen LogP contribution in [0.5, 0.6) is 0 Å². The smallest absolute Gasteiger partial charge is 0.328 e. The van der Waals surface area contributed by atoms with E-state index in [0.717, 1.165) is 24.0 Å². The highest BCUT2D eigenvalue weighted by Crippen LogP contribution is 2.18. The highest BCUT2D eigenvalue weighted by Gasteiger charge is 2.24. The zero-order valence-corrected chi connectivity index (χ0v) is 21.3. The van der Waals surface area contributed by atoms with Crippen molar-refractivity contribution < 1.29 is 23.9 Å². The molecule has 0 saturated heterocycles. The molecular formula is C26H33N5O6. The third-order valence-electron chi connectivity index (χ3n) is 5.87. The van der Waals surface area contributed by atoms with Gasteiger partial charge in [0.1, 0.15) is 11.7 Å². The van der Waals surface area contributed by atoms with Crippen molar-refractivity contribution >= 4 is 34.8 Å². The molecule has 11 nitrogen and oxygen atoms in total. The van der Waals surface area contributed by atoms with E-state index in [1.165, 1.54) is 0 Å². The Morgan fingerprint density at radius 1 is 1.11 bits per heavy atom. The zero-order chi connectivity index (χ0) is 26.9. The van der Waals surface area contributed by atoms with Gasteiger partial charge in [-0.1, -0.05) is 12.1 Å². The van der Waals surface area contributed by atoms with Gasteiger partial charge in [-0.05, 0) is 62.8 Å². The summed E-state index contributed by atoms with van der Waals surface area (Å²) in [7, 11) is 1.82. The average Bonchev–Trinajstić information content (AvgIpc) is 3.17. The van der Waals surface area contributed by atoms with Gasteiger partial charge in [0.25, 0.3) is 11.5 Å². The Morgan fingerprint density at radius 2 is 1.81 bits per heavy atom. The lowest BCUT2D eigenvalue weighted by atomic mass is 10.0. The number of anilines is 1. The van der Waals surface area contributed by atoms with E-state index in [4.69, 9.17) is 15.2 Å². The molecule has 37 heavy (non-hydrogen) atoms. The van der Waals surface area contributed by atoms with Gasteiger partial charge in [-0.3, -0.25) is 19.4 Å². The predicted octanol–water partition coefficient (Wildman–Crippen LogP) is 2.02. The van der Waals surface area contributed by atoms with Crippen LogP contribution >= 0.6 is 0 Å². The Bertz CT molecular complexity index is 1310. The van der Waals surface area contributed by atoms with E-state index in [2.05, 4.69) is 15.3 Å². The Labute approximate surface area is 214 Å². The van der Waals surface area contributed by atoms with Gasteiger partial charge in [-0.2, -0.15) is 4.98 Å². The number of nitrogens with zero attached hydrogens (tertiary/aromatic N) is 2. The molecule has 3 rings (SSSR count). The second kappa shape index (κ2) is 12.7. The molecule has 2 heterocycles. The molecule has 3 aromatic rings. The van der Waals surface area contributed by atoms with E-state index >= 15 is 0 Å². The van der Waals surface area contributed by atoms with Gasteiger partial charge < -0.3 is 25.1 Å². The van der Waals surface area contributed by atoms with Crippen LogP contribution in [0.25, 0.3) is 11.0 Å². The molecule has 0 saturated carbocycles. The van der Waals surface area contributed by atoms with Crippen LogP contribution in [0, 0.1) is 0 Å². The molecule has 4 N–H and O–H groups in total.